The van der Waals surface area contributed by atoms with Crippen molar-refractivity contribution in [3.8, 4) is 5.75 Å². The fourth-order valence-electron chi connectivity index (χ4n) is 0.927. The summed E-state index contributed by atoms with van der Waals surface area (Å²) in [4.78, 5) is 0. The lowest BCUT2D eigenvalue weighted by Gasteiger charge is -2.10. The van der Waals surface area contributed by atoms with Gasteiger partial charge in [0.25, 0.3) is 0 Å². The number of nitrogens with zero attached hydrogens (tertiary/aromatic N) is 2. The molecular weight excluding hydrogens is 166 g/mol. The van der Waals surface area contributed by atoms with Crippen molar-refractivity contribution in [2.45, 2.75) is 33.0 Å². The van der Waals surface area contributed by atoms with Crippen LogP contribution in [0, 0.1) is 0 Å². The SMILES string of the molecule is CNC(C)Oc1cnn(C(C)C)c1. The highest BCUT2D eigenvalue weighted by Crippen LogP contribution is 2.12. The number of aromatic nitrogens is 2. The van der Waals surface area contributed by atoms with E-state index >= 15 is 0 Å². The van der Waals surface area contributed by atoms with Gasteiger partial charge in [0.2, 0.25) is 0 Å². The molecule has 0 aliphatic rings. The summed E-state index contributed by atoms with van der Waals surface area (Å²) < 4.78 is 7.37. The van der Waals surface area contributed by atoms with E-state index in [2.05, 4.69) is 24.3 Å². The minimum Gasteiger partial charge on any atom is -0.472 e. The van der Waals surface area contributed by atoms with Crippen molar-refractivity contribution < 1.29 is 4.74 Å². The summed E-state index contributed by atoms with van der Waals surface area (Å²) in [5, 5.41) is 7.16. The molecule has 1 N–H and O–H groups in total. The summed E-state index contributed by atoms with van der Waals surface area (Å²) in [7, 11) is 1.86. The van der Waals surface area contributed by atoms with E-state index in [9.17, 15) is 0 Å². The van der Waals surface area contributed by atoms with Crippen molar-refractivity contribution in [1.82, 2.24) is 15.1 Å². The predicted molar refractivity (Wildman–Crippen MR) is 51.8 cm³/mol. The summed E-state index contributed by atoms with van der Waals surface area (Å²) in [5.41, 5.74) is 0. The standard InChI is InChI=1S/C9H17N3O/c1-7(2)12-6-9(5-11-12)13-8(3)10-4/h5-8,10H,1-4H3. The van der Waals surface area contributed by atoms with E-state index in [-0.39, 0.29) is 6.23 Å². The zero-order valence-electron chi connectivity index (χ0n) is 8.61. The fraction of sp³-hybridized carbons (Fsp3) is 0.667. The second-order valence-corrected chi connectivity index (χ2v) is 3.30. The molecule has 1 aromatic heterocycles. The topological polar surface area (TPSA) is 39.1 Å². The van der Waals surface area contributed by atoms with Crippen LogP contribution in [0.4, 0.5) is 0 Å². The molecular formula is C9H17N3O. The fourth-order valence-corrected chi connectivity index (χ4v) is 0.927. The van der Waals surface area contributed by atoms with E-state index in [1.54, 1.807) is 6.20 Å². The molecule has 0 bridgehead atoms. The van der Waals surface area contributed by atoms with Crippen molar-refractivity contribution in [3.05, 3.63) is 12.4 Å². The molecule has 1 rings (SSSR count). The zero-order chi connectivity index (χ0) is 9.84. The molecule has 1 heterocycles. The molecule has 13 heavy (non-hydrogen) atoms. The van der Waals surface area contributed by atoms with Gasteiger partial charge >= 0.3 is 0 Å². The molecule has 0 aliphatic heterocycles. The molecule has 0 spiro atoms. The molecule has 0 aliphatic carbocycles. The first kappa shape index (κ1) is 10.1. The Bertz CT molecular complexity index is 257. The van der Waals surface area contributed by atoms with E-state index in [4.69, 9.17) is 4.74 Å². The van der Waals surface area contributed by atoms with Gasteiger partial charge in [-0.15, -0.1) is 0 Å². The van der Waals surface area contributed by atoms with Gasteiger partial charge in [-0.05, 0) is 27.8 Å². The van der Waals surface area contributed by atoms with Crippen molar-refractivity contribution in [2.24, 2.45) is 0 Å². The Morgan fingerprint density at radius 2 is 2.15 bits per heavy atom. The maximum atomic E-state index is 5.50. The summed E-state index contributed by atoms with van der Waals surface area (Å²) >= 11 is 0. The third-order valence-corrected chi connectivity index (χ3v) is 1.83. The monoisotopic (exact) mass is 183 g/mol. The van der Waals surface area contributed by atoms with Crippen LogP contribution in [0.5, 0.6) is 5.75 Å². The molecule has 1 unspecified atom stereocenters. The highest BCUT2D eigenvalue weighted by atomic mass is 16.5. The highest BCUT2D eigenvalue weighted by Gasteiger charge is 2.04. The van der Waals surface area contributed by atoms with Gasteiger partial charge in [0.1, 0.15) is 6.23 Å². The van der Waals surface area contributed by atoms with Gasteiger partial charge in [0.05, 0.1) is 12.4 Å². The van der Waals surface area contributed by atoms with Crippen LogP contribution in [0.25, 0.3) is 0 Å². The van der Waals surface area contributed by atoms with Crippen molar-refractivity contribution in [3.63, 3.8) is 0 Å². The van der Waals surface area contributed by atoms with Crippen molar-refractivity contribution in [1.29, 1.82) is 0 Å². The van der Waals surface area contributed by atoms with Gasteiger partial charge in [-0.3, -0.25) is 10.00 Å². The van der Waals surface area contributed by atoms with Crippen LogP contribution < -0.4 is 10.1 Å². The lowest BCUT2D eigenvalue weighted by atomic mass is 10.4. The summed E-state index contributed by atoms with van der Waals surface area (Å²) in [6.45, 7) is 6.11. The second kappa shape index (κ2) is 4.28. The van der Waals surface area contributed by atoms with E-state index in [1.165, 1.54) is 0 Å². The molecule has 4 nitrogen and oxygen atoms in total. The average molecular weight is 183 g/mol. The minimum absolute atomic E-state index is 0.0183. The predicted octanol–water partition coefficient (Wildman–Crippen LogP) is 1.41. The maximum absolute atomic E-state index is 5.50. The largest absolute Gasteiger partial charge is 0.472 e. The minimum atomic E-state index is 0.0183. The van der Waals surface area contributed by atoms with Gasteiger partial charge in [0.15, 0.2) is 5.75 Å². The lowest BCUT2D eigenvalue weighted by Crippen LogP contribution is -2.27. The first-order chi connectivity index (χ1) is 6.13. The molecule has 0 aromatic carbocycles. The van der Waals surface area contributed by atoms with Crippen LogP contribution >= 0.6 is 0 Å². The van der Waals surface area contributed by atoms with Crippen LogP contribution in [0.1, 0.15) is 26.8 Å². The third kappa shape index (κ3) is 2.73. The van der Waals surface area contributed by atoms with E-state index < -0.39 is 0 Å². The highest BCUT2D eigenvalue weighted by molar-refractivity contribution is 5.12. The number of hydrogen-bond donors (Lipinski definition) is 1. The van der Waals surface area contributed by atoms with E-state index in [0.29, 0.717) is 6.04 Å². The summed E-state index contributed by atoms with van der Waals surface area (Å²) in [6, 6.07) is 0.377. The maximum Gasteiger partial charge on any atom is 0.159 e. The van der Waals surface area contributed by atoms with Gasteiger partial charge < -0.3 is 4.74 Å². The van der Waals surface area contributed by atoms with Gasteiger partial charge in [0, 0.05) is 6.04 Å². The van der Waals surface area contributed by atoms with Crippen LogP contribution in [0.15, 0.2) is 12.4 Å². The molecule has 1 aromatic rings. The van der Waals surface area contributed by atoms with E-state index in [1.807, 2.05) is 24.9 Å². The lowest BCUT2D eigenvalue weighted by molar-refractivity contribution is 0.193. The average Bonchev–Trinajstić information content (AvgIpc) is 2.52. The molecule has 0 saturated heterocycles. The van der Waals surface area contributed by atoms with Crippen molar-refractivity contribution in [2.75, 3.05) is 7.05 Å². The Morgan fingerprint density at radius 1 is 1.46 bits per heavy atom. The summed E-state index contributed by atoms with van der Waals surface area (Å²) in [5.74, 6) is 0.801. The number of hydrogen-bond acceptors (Lipinski definition) is 3. The molecule has 0 amide bonds. The smallest absolute Gasteiger partial charge is 0.159 e. The van der Waals surface area contributed by atoms with Gasteiger partial charge in [-0.1, -0.05) is 0 Å². The normalized spacial score (nSPS) is 13.3. The molecule has 0 fully saturated rings. The van der Waals surface area contributed by atoms with E-state index in [0.717, 1.165) is 5.75 Å². The number of nitrogens with one attached hydrogen (secondary N) is 1. The molecule has 4 heteroatoms. The Hall–Kier alpha value is -1.03. The Balaban J connectivity index is 2.58. The van der Waals surface area contributed by atoms with Crippen LogP contribution in [0.2, 0.25) is 0 Å². The Morgan fingerprint density at radius 3 is 2.62 bits per heavy atom. The van der Waals surface area contributed by atoms with Gasteiger partial charge in [-0.25, -0.2) is 0 Å². The van der Waals surface area contributed by atoms with Crippen molar-refractivity contribution >= 4 is 0 Å². The third-order valence-electron chi connectivity index (χ3n) is 1.83. The van der Waals surface area contributed by atoms with Gasteiger partial charge in [-0.2, -0.15) is 5.10 Å². The van der Waals surface area contributed by atoms with Crippen LogP contribution in [-0.2, 0) is 0 Å². The number of ether oxygens (including phenoxy) is 1. The zero-order valence-corrected chi connectivity index (χ0v) is 8.61. The summed E-state index contributed by atoms with van der Waals surface area (Å²) in [6.07, 6.45) is 3.65. The Labute approximate surface area is 78.9 Å². The van der Waals surface area contributed by atoms with Crippen LogP contribution in [0.3, 0.4) is 0 Å². The molecule has 74 valence electrons. The first-order valence-corrected chi connectivity index (χ1v) is 4.51. The molecule has 1 atom stereocenters. The molecule has 0 saturated carbocycles. The Kier molecular flexibility index (Phi) is 3.31. The second-order valence-electron chi connectivity index (χ2n) is 3.30. The first-order valence-electron chi connectivity index (χ1n) is 4.51. The number of rotatable bonds is 4. The quantitative estimate of drug-likeness (QED) is 0.717. The van der Waals surface area contributed by atoms with Crippen LogP contribution in [-0.4, -0.2) is 23.1 Å². The molecule has 0 radical (unpaired) electrons.